The number of pyridine rings is 1. The van der Waals surface area contributed by atoms with E-state index in [1.165, 1.54) is 18.3 Å². The number of rotatable bonds is 4. The van der Waals surface area contributed by atoms with E-state index >= 15 is 0 Å². The molecular formula is C18H16F3N3O. The van der Waals surface area contributed by atoms with E-state index in [0.717, 1.165) is 11.3 Å². The molecule has 0 aliphatic carbocycles. The first-order valence-corrected chi connectivity index (χ1v) is 7.58. The Morgan fingerprint density at radius 1 is 1.08 bits per heavy atom. The number of aromatic nitrogens is 1. The smallest absolute Gasteiger partial charge is 0.406 e. The highest BCUT2D eigenvalue weighted by atomic mass is 19.4. The number of benzene rings is 2. The predicted octanol–water partition coefficient (Wildman–Crippen LogP) is 4.89. The number of hydrogen-bond acceptors (Lipinski definition) is 4. The minimum atomic E-state index is -4.73. The van der Waals surface area contributed by atoms with Gasteiger partial charge in [-0.25, -0.2) is 0 Å². The fraction of sp³-hybridized carbons (Fsp3) is 0.167. The van der Waals surface area contributed by atoms with E-state index in [-0.39, 0.29) is 11.8 Å². The third-order valence-corrected chi connectivity index (χ3v) is 3.76. The zero-order valence-corrected chi connectivity index (χ0v) is 13.3. The molecule has 0 aliphatic heterocycles. The fourth-order valence-corrected chi connectivity index (χ4v) is 2.55. The van der Waals surface area contributed by atoms with Crippen molar-refractivity contribution in [1.29, 1.82) is 0 Å². The minimum Gasteiger partial charge on any atom is -0.406 e. The molecule has 1 unspecified atom stereocenters. The third-order valence-electron chi connectivity index (χ3n) is 3.76. The number of anilines is 2. The maximum atomic E-state index is 12.3. The van der Waals surface area contributed by atoms with Gasteiger partial charge >= 0.3 is 6.36 Å². The van der Waals surface area contributed by atoms with Crippen molar-refractivity contribution in [3.63, 3.8) is 0 Å². The number of halogens is 3. The molecule has 0 spiro atoms. The second kappa shape index (κ2) is 6.51. The van der Waals surface area contributed by atoms with E-state index in [1.54, 1.807) is 12.1 Å². The van der Waals surface area contributed by atoms with Crippen molar-refractivity contribution < 1.29 is 17.9 Å². The summed E-state index contributed by atoms with van der Waals surface area (Å²) in [5, 5.41) is 4.05. The molecule has 3 aromatic rings. The van der Waals surface area contributed by atoms with Gasteiger partial charge in [-0.15, -0.1) is 13.2 Å². The molecule has 0 saturated carbocycles. The van der Waals surface area contributed by atoms with Crippen LogP contribution >= 0.6 is 0 Å². The highest BCUT2D eigenvalue weighted by molar-refractivity contribution is 5.92. The molecule has 1 heterocycles. The molecule has 0 radical (unpaired) electrons. The van der Waals surface area contributed by atoms with Gasteiger partial charge in [-0.05, 0) is 42.8 Å². The van der Waals surface area contributed by atoms with Crippen molar-refractivity contribution in [2.45, 2.75) is 19.3 Å². The summed E-state index contributed by atoms with van der Waals surface area (Å²) in [7, 11) is 0. The van der Waals surface area contributed by atoms with E-state index in [4.69, 9.17) is 5.73 Å². The van der Waals surface area contributed by atoms with Gasteiger partial charge in [0.15, 0.2) is 0 Å². The number of ether oxygens (including phenoxy) is 1. The minimum absolute atomic E-state index is 0.0164. The Labute approximate surface area is 142 Å². The maximum absolute atomic E-state index is 12.3. The van der Waals surface area contributed by atoms with Gasteiger partial charge in [0, 0.05) is 35.1 Å². The van der Waals surface area contributed by atoms with Crippen LogP contribution in [0, 0.1) is 0 Å². The molecule has 3 rings (SSSR count). The molecule has 0 bridgehead atoms. The Hall–Kier alpha value is -2.96. The summed E-state index contributed by atoms with van der Waals surface area (Å²) in [6.45, 7) is 1.99. The van der Waals surface area contributed by atoms with E-state index in [2.05, 4.69) is 15.0 Å². The molecule has 25 heavy (non-hydrogen) atoms. The number of nitrogens with one attached hydrogen (secondary N) is 1. The highest BCUT2D eigenvalue weighted by Crippen LogP contribution is 2.30. The van der Waals surface area contributed by atoms with Crippen LogP contribution in [-0.4, -0.2) is 11.3 Å². The number of hydrogen-bond donors (Lipinski definition) is 2. The zero-order valence-electron chi connectivity index (χ0n) is 13.3. The largest absolute Gasteiger partial charge is 0.573 e. The maximum Gasteiger partial charge on any atom is 0.573 e. The first kappa shape index (κ1) is 16.9. The van der Waals surface area contributed by atoms with Crippen LogP contribution in [0.15, 0.2) is 54.7 Å². The molecule has 3 N–H and O–H groups in total. The Bertz CT molecular complexity index is 879. The number of nitrogen functional groups attached to an aromatic ring is 1. The fourth-order valence-electron chi connectivity index (χ4n) is 2.55. The molecule has 7 heteroatoms. The van der Waals surface area contributed by atoms with Gasteiger partial charge in [0.05, 0.1) is 5.52 Å². The van der Waals surface area contributed by atoms with Crippen LogP contribution in [0.5, 0.6) is 5.75 Å². The van der Waals surface area contributed by atoms with Crippen LogP contribution in [0.2, 0.25) is 0 Å². The van der Waals surface area contributed by atoms with E-state index in [1.807, 2.05) is 31.2 Å². The van der Waals surface area contributed by atoms with E-state index in [0.29, 0.717) is 16.6 Å². The van der Waals surface area contributed by atoms with Gasteiger partial charge in [-0.1, -0.05) is 12.1 Å². The lowest BCUT2D eigenvalue weighted by molar-refractivity contribution is -0.274. The molecule has 4 nitrogen and oxygen atoms in total. The molecule has 0 aliphatic rings. The topological polar surface area (TPSA) is 60.2 Å². The van der Waals surface area contributed by atoms with E-state index < -0.39 is 6.36 Å². The molecule has 1 atom stereocenters. The second-order valence-corrected chi connectivity index (χ2v) is 5.62. The Morgan fingerprint density at radius 3 is 2.48 bits per heavy atom. The van der Waals surface area contributed by atoms with Gasteiger partial charge in [0.2, 0.25) is 0 Å². The zero-order chi connectivity index (χ0) is 18.0. The molecule has 130 valence electrons. The lowest BCUT2D eigenvalue weighted by Gasteiger charge is -2.17. The standard InChI is InChI=1S/C18H16F3N3O/c1-11(12-2-4-13(22)5-3-12)24-16-8-9-23-17-10-14(6-7-15(16)17)25-18(19,20)21/h2-11H,22H2,1H3,(H,23,24). The summed E-state index contributed by atoms with van der Waals surface area (Å²) in [6.07, 6.45) is -3.19. The van der Waals surface area contributed by atoms with Crippen LogP contribution in [-0.2, 0) is 0 Å². The summed E-state index contributed by atoms with van der Waals surface area (Å²) in [4.78, 5) is 4.12. The summed E-state index contributed by atoms with van der Waals surface area (Å²) in [6, 6.07) is 13.3. The Balaban J connectivity index is 1.87. The normalized spacial score (nSPS) is 12.8. The number of nitrogens with two attached hydrogens (primary N) is 1. The summed E-state index contributed by atoms with van der Waals surface area (Å²) >= 11 is 0. The van der Waals surface area contributed by atoms with Gasteiger partial charge < -0.3 is 15.8 Å². The van der Waals surface area contributed by atoms with Gasteiger partial charge in [0.25, 0.3) is 0 Å². The van der Waals surface area contributed by atoms with Crippen LogP contribution in [0.4, 0.5) is 24.5 Å². The average molecular weight is 347 g/mol. The van der Waals surface area contributed by atoms with Crippen molar-refractivity contribution >= 4 is 22.3 Å². The monoisotopic (exact) mass is 347 g/mol. The first-order valence-electron chi connectivity index (χ1n) is 7.58. The lowest BCUT2D eigenvalue weighted by Crippen LogP contribution is -2.17. The number of nitrogens with zero attached hydrogens (tertiary/aromatic N) is 1. The average Bonchev–Trinajstić information content (AvgIpc) is 2.54. The van der Waals surface area contributed by atoms with Crippen LogP contribution in [0.25, 0.3) is 10.9 Å². The lowest BCUT2D eigenvalue weighted by atomic mass is 10.1. The highest BCUT2D eigenvalue weighted by Gasteiger charge is 2.31. The molecule has 1 aromatic heterocycles. The van der Waals surface area contributed by atoms with Crippen LogP contribution in [0.3, 0.4) is 0 Å². The third kappa shape index (κ3) is 4.12. The Morgan fingerprint density at radius 2 is 1.80 bits per heavy atom. The molecule has 2 aromatic carbocycles. The van der Waals surface area contributed by atoms with Crippen molar-refractivity contribution in [1.82, 2.24) is 4.98 Å². The van der Waals surface area contributed by atoms with Crippen molar-refractivity contribution in [2.24, 2.45) is 0 Å². The summed E-state index contributed by atoms with van der Waals surface area (Å²) in [5.74, 6) is -0.295. The SMILES string of the molecule is CC(Nc1ccnc2cc(OC(F)(F)F)ccc12)c1ccc(N)cc1. The molecule has 0 fully saturated rings. The number of alkyl halides is 3. The van der Waals surface area contributed by atoms with Gasteiger partial charge in [-0.2, -0.15) is 0 Å². The molecule has 0 amide bonds. The van der Waals surface area contributed by atoms with Crippen LogP contribution < -0.4 is 15.8 Å². The van der Waals surface area contributed by atoms with Crippen molar-refractivity contribution in [3.05, 3.63) is 60.3 Å². The summed E-state index contributed by atoms with van der Waals surface area (Å²) < 4.78 is 41.0. The predicted molar refractivity (Wildman–Crippen MR) is 91.3 cm³/mol. The van der Waals surface area contributed by atoms with Crippen molar-refractivity contribution in [2.75, 3.05) is 11.1 Å². The first-order chi connectivity index (χ1) is 11.8. The van der Waals surface area contributed by atoms with Crippen molar-refractivity contribution in [3.8, 4) is 5.75 Å². The molecule has 0 saturated heterocycles. The van der Waals surface area contributed by atoms with E-state index in [9.17, 15) is 13.2 Å². The van der Waals surface area contributed by atoms with Gasteiger partial charge in [0.1, 0.15) is 5.75 Å². The summed E-state index contributed by atoms with van der Waals surface area (Å²) in [5.41, 5.74) is 8.60. The molecular weight excluding hydrogens is 331 g/mol. The second-order valence-electron chi connectivity index (χ2n) is 5.62. The number of fused-ring (bicyclic) bond motifs is 1. The quantitative estimate of drug-likeness (QED) is 0.660. The van der Waals surface area contributed by atoms with Crippen LogP contribution in [0.1, 0.15) is 18.5 Å². The Kier molecular flexibility index (Phi) is 4.39. The van der Waals surface area contributed by atoms with Gasteiger partial charge in [-0.3, -0.25) is 4.98 Å².